The Morgan fingerprint density at radius 2 is 1.69 bits per heavy atom. The van der Waals surface area contributed by atoms with Crippen LogP contribution in [0.25, 0.3) is 0 Å². The van der Waals surface area contributed by atoms with Crippen molar-refractivity contribution >= 4 is 17.5 Å². The van der Waals surface area contributed by atoms with Gasteiger partial charge in [0.1, 0.15) is 42.8 Å². The molecule has 0 spiro atoms. The number of aliphatic hydroxyl groups is 2. The zero-order chi connectivity index (χ0) is 41.9. The van der Waals surface area contributed by atoms with E-state index in [4.69, 9.17) is 23.8 Å². The van der Waals surface area contributed by atoms with Crippen LogP contribution in [-0.4, -0.2) is 77.2 Å². The number of fused-ring (bicyclic) bond motifs is 2. The fourth-order valence-electron chi connectivity index (χ4n) is 8.89. The third-order valence-electron chi connectivity index (χ3n) is 11.3. The zero-order valence-electron chi connectivity index (χ0n) is 33.2. The van der Waals surface area contributed by atoms with Gasteiger partial charge in [-0.25, -0.2) is 9.18 Å². The Kier molecular flexibility index (Phi) is 14.5. The predicted molar refractivity (Wildman–Crippen MR) is 219 cm³/mol. The van der Waals surface area contributed by atoms with Gasteiger partial charge in [-0.05, 0) is 91.1 Å². The monoisotopic (exact) mass is 813 g/mol. The molecule has 1 aliphatic heterocycles. The van der Waals surface area contributed by atoms with E-state index in [1.165, 1.54) is 48.4 Å². The van der Waals surface area contributed by atoms with Crippen molar-refractivity contribution in [3.8, 4) is 17.2 Å². The number of aliphatic hydroxyl groups excluding tert-OH is 2. The maximum Gasteiger partial charge on any atom is 0.416 e. The molecule has 314 valence electrons. The summed E-state index contributed by atoms with van der Waals surface area (Å²) in [5.74, 6) is -1.69. The Morgan fingerprint density at radius 3 is 2.36 bits per heavy atom. The summed E-state index contributed by atoms with van der Waals surface area (Å²) in [6.45, 7) is 8.14. The molecular weight excluding hydrogens is 762 g/mol. The number of hydrogen-bond acceptors (Lipinski definition) is 11. The second kappa shape index (κ2) is 19.9. The maximum atomic E-state index is 14.7. The summed E-state index contributed by atoms with van der Waals surface area (Å²) in [5, 5.41) is 35.7. The molecule has 3 aliphatic rings. The number of halogens is 1. The minimum absolute atomic E-state index is 0.0156. The van der Waals surface area contributed by atoms with Crippen LogP contribution in [0.5, 0.6) is 17.2 Å². The van der Waals surface area contributed by atoms with E-state index < -0.39 is 34.6 Å². The van der Waals surface area contributed by atoms with Gasteiger partial charge in [-0.1, -0.05) is 54.9 Å². The lowest BCUT2D eigenvalue weighted by molar-refractivity contribution is -0.384. The predicted octanol–water partition coefficient (Wildman–Crippen LogP) is 8.26. The molecule has 0 unspecified atom stereocenters. The third-order valence-corrected chi connectivity index (χ3v) is 11.3. The number of nitro groups is 1. The van der Waals surface area contributed by atoms with Gasteiger partial charge in [0.15, 0.2) is 0 Å². The van der Waals surface area contributed by atoms with Crippen molar-refractivity contribution in [1.29, 1.82) is 0 Å². The molecule has 3 aromatic carbocycles. The first-order chi connectivity index (χ1) is 28.7. The van der Waals surface area contributed by atoms with Crippen LogP contribution < -0.4 is 14.2 Å². The van der Waals surface area contributed by atoms with Crippen LogP contribution in [0.4, 0.5) is 14.9 Å². The molecule has 6 rings (SSSR count). The molecular formula is C45H52FN3O10. The first-order valence-corrected chi connectivity index (χ1v) is 20.0. The number of hydrogen-bond donors (Lipinski definition) is 2. The van der Waals surface area contributed by atoms with E-state index in [0.717, 1.165) is 36.8 Å². The van der Waals surface area contributed by atoms with Gasteiger partial charge < -0.3 is 34.0 Å². The van der Waals surface area contributed by atoms with Crippen LogP contribution in [-0.2, 0) is 16.1 Å². The number of ether oxygens (including phenoxy) is 4. The molecule has 59 heavy (non-hydrogen) atoms. The number of unbranched alkanes of at least 4 members (excludes halogenated alkanes) is 2. The van der Waals surface area contributed by atoms with Gasteiger partial charge >= 0.3 is 6.09 Å². The second-order valence-corrected chi connectivity index (χ2v) is 14.9. The van der Waals surface area contributed by atoms with Crippen LogP contribution in [0.2, 0.25) is 0 Å². The minimum atomic E-state index is -1.59. The highest BCUT2D eigenvalue weighted by atomic mass is 19.1. The minimum Gasteiger partial charge on any atom is -0.490 e. The fourth-order valence-corrected chi connectivity index (χ4v) is 8.89. The molecule has 1 amide bonds. The number of amides is 1. The van der Waals surface area contributed by atoms with E-state index in [1.54, 1.807) is 24.3 Å². The Hall–Kier alpha value is -5.57. The van der Waals surface area contributed by atoms with Crippen LogP contribution >= 0.6 is 0 Å². The summed E-state index contributed by atoms with van der Waals surface area (Å²) >= 11 is 0. The summed E-state index contributed by atoms with van der Waals surface area (Å²) in [5.41, 5.74) is 2.72. The molecule has 0 radical (unpaired) electrons. The maximum absolute atomic E-state index is 14.7. The summed E-state index contributed by atoms with van der Waals surface area (Å²) in [6.07, 6.45) is 9.09. The van der Waals surface area contributed by atoms with Crippen LogP contribution in [0.3, 0.4) is 0 Å². The average Bonchev–Trinajstić information content (AvgIpc) is 3.24. The number of nitrogens with zero attached hydrogens (tertiary/aromatic N) is 3. The van der Waals surface area contributed by atoms with Crippen LogP contribution in [0.15, 0.2) is 109 Å². The molecule has 2 N–H and O–H groups in total. The largest absolute Gasteiger partial charge is 0.490 e. The number of carbonyl (C=O) groups excluding carboxylic acids is 1. The Balaban J connectivity index is 1.58. The van der Waals surface area contributed by atoms with E-state index in [2.05, 4.69) is 24.4 Å². The summed E-state index contributed by atoms with van der Waals surface area (Å²) < 4.78 is 40.4. The smallest absolute Gasteiger partial charge is 0.416 e. The van der Waals surface area contributed by atoms with Gasteiger partial charge in [0.2, 0.25) is 5.79 Å². The van der Waals surface area contributed by atoms with E-state index >= 15 is 0 Å². The van der Waals surface area contributed by atoms with E-state index in [0.29, 0.717) is 35.6 Å². The van der Waals surface area contributed by atoms with Crippen LogP contribution in [0, 0.1) is 33.7 Å². The molecule has 3 aromatic rings. The van der Waals surface area contributed by atoms with Gasteiger partial charge in [0, 0.05) is 49.8 Å². The molecule has 14 heteroatoms. The summed E-state index contributed by atoms with van der Waals surface area (Å²) in [7, 11) is 1.46. The van der Waals surface area contributed by atoms with Crippen LogP contribution in [0.1, 0.15) is 62.0 Å². The van der Waals surface area contributed by atoms with E-state index in [-0.39, 0.29) is 68.6 Å². The molecule has 1 saturated carbocycles. The number of rotatable bonds is 20. The quantitative estimate of drug-likeness (QED) is 0.0492. The number of carbonyl (C=O) groups is 1. The van der Waals surface area contributed by atoms with E-state index in [9.17, 15) is 29.5 Å². The molecule has 6 atom stereocenters. The van der Waals surface area contributed by atoms with Crippen molar-refractivity contribution in [2.45, 2.75) is 69.2 Å². The zero-order valence-corrected chi connectivity index (χ0v) is 33.2. The third kappa shape index (κ3) is 9.51. The summed E-state index contributed by atoms with van der Waals surface area (Å²) in [4.78, 5) is 32.6. The number of benzene rings is 3. The highest BCUT2D eigenvalue weighted by molar-refractivity contribution is 6.03. The standard InChI is InChI=1S/C45H52FN3O10/c1-4-24-56-35-20-21-40-38(27-35)42-36(11-7-9-23-51)31(10-6-8-22-50)26-37-39(47-55-3)28-41(45(59-40,43(37)42)57-25-5-2)48(29-30-12-14-32(46)15-13-30)44(52)58-34-18-16-33(17-19-34)49(53)54/h4-5,12-21,26-27,31,36,41-43,50-51H,1-2,6-11,22-25,28-29H2,3H3/t31-,36+,41-,42+,43+,45+/m0/s1. The van der Waals surface area contributed by atoms with Crippen molar-refractivity contribution in [2.24, 2.45) is 22.9 Å². The summed E-state index contributed by atoms with van der Waals surface area (Å²) in [6, 6.07) is 15.7. The van der Waals surface area contributed by atoms with Crippen molar-refractivity contribution < 1.29 is 48.1 Å². The van der Waals surface area contributed by atoms with Gasteiger partial charge in [-0.3, -0.25) is 15.0 Å². The molecule has 2 aliphatic carbocycles. The Labute approximate surface area is 343 Å². The van der Waals surface area contributed by atoms with Crippen molar-refractivity contribution in [3.63, 3.8) is 0 Å². The molecule has 0 saturated heterocycles. The lowest BCUT2D eigenvalue weighted by Crippen LogP contribution is -2.70. The normalized spacial score (nSPS) is 23.5. The first-order valence-electron chi connectivity index (χ1n) is 20.0. The van der Waals surface area contributed by atoms with Crippen molar-refractivity contribution in [2.75, 3.05) is 33.5 Å². The van der Waals surface area contributed by atoms with Crippen molar-refractivity contribution in [1.82, 2.24) is 4.90 Å². The molecule has 0 aromatic heterocycles. The molecule has 13 nitrogen and oxygen atoms in total. The Bertz CT molecular complexity index is 2010. The van der Waals surface area contributed by atoms with Gasteiger partial charge in [0.25, 0.3) is 5.69 Å². The number of allylic oxidation sites excluding steroid dienone is 1. The van der Waals surface area contributed by atoms with Gasteiger partial charge in [0.05, 0.1) is 23.2 Å². The second-order valence-electron chi connectivity index (χ2n) is 14.9. The van der Waals surface area contributed by atoms with Gasteiger partial charge in [-0.15, -0.1) is 6.58 Å². The number of nitro benzene ring substituents is 1. The highest BCUT2D eigenvalue weighted by Gasteiger charge is 2.65. The molecule has 1 fully saturated rings. The highest BCUT2D eigenvalue weighted by Crippen LogP contribution is 2.62. The Morgan fingerprint density at radius 1 is 1.00 bits per heavy atom. The SMILES string of the molecule is C=CCOc1ccc2c(c1)[C@H]1[C@H](CCCCO)[C@@H](CCCCO)C=C3C(=NOC)C[C@H](N(Cc4ccc(F)cc4)C(=O)Oc4ccc([N+](=O)[O-])cc4)[C@@](OCC=C)(O2)[C@H]31. The molecule has 0 bridgehead atoms. The molecule has 1 heterocycles. The van der Waals surface area contributed by atoms with E-state index in [1.807, 2.05) is 18.2 Å². The number of non-ortho nitro benzene ring substituents is 1. The van der Waals surface area contributed by atoms with Crippen molar-refractivity contribution in [3.05, 3.63) is 131 Å². The van der Waals surface area contributed by atoms with Gasteiger partial charge in [-0.2, -0.15) is 0 Å². The fraction of sp³-hybridized carbons (Fsp3) is 0.422. The lowest BCUT2D eigenvalue weighted by atomic mass is 9.55. The average molecular weight is 814 g/mol. The first kappa shape index (κ1) is 43.0. The number of oxime groups is 1. The topological polar surface area (TPSA) is 162 Å². The lowest BCUT2D eigenvalue weighted by Gasteiger charge is -2.59.